The van der Waals surface area contributed by atoms with E-state index in [2.05, 4.69) is 10.3 Å². The van der Waals surface area contributed by atoms with E-state index in [0.717, 1.165) is 37.3 Å². The molecule has 1 aromatic heterocycles. The fourth-order valence-electron chi connectivity index (χ4n) is 2.70. The minimum Gasteiger partial charge on any atom is -0.330 e. The number of rotatable bonds is 4. The molecular weight excluding hydrogens is 257 g/mol. The number of hydrogen-bond donors (Lipinski definition) is 1. The van der Waals surface area contributed by atoms with Crippen molar-refractivity contribution in [1.82, 2.24) is 15.0 Å². The molecular formula is C12H19F3N4. The van der Waals surface area contributed by atoms with Crippen LogP contribution < -0.4 is 5.73 Å². The van der Waals surface area contributed by atoms with Gasteiger partial charge in [-0.3, -0.25) is 0 Å². The van der Waals surface area contributed by atoms with E-state index in [1.807, 2.05) is 0 Å². The molecule has 7 heteroatoms. The predicted octanol–water partition coefficient (Wildman–Crippen LogP) is 2.56. The smallest absolute Gasteiger partial charge is 0.330 e. The maximum absolute atomic E-state index is 12.9. The van der Waals surface area contributed by atoms with Crippen LogP contribution in [0.1, 0.15) is 56.0 Å². The molecule has 1 atom stereocenters. The third kappa shape index (κ3) is 2.91. The largest absolute Gasteiger partial charge is 0.410 e. The summed E-state index contributed by atoms with van der Waals surface area (Å²) in [6.45, 7) is 1.50. The highest BCUT2D eigenvalue weighted by molar-refractivity contribution is 5.18. The molecule has 0 aliphatic heterocycles. The zero-order chi connectivity index (χ0) is 14.0. The minimum absolute atomic E-state index is 0.140. The quantitative estimate of drug-likeness (QED) is 0.919. The summed E-state index contributed by atoms with van der Waals surface area (Å²) in [7, 11) is 0. The van der Waals surface area contributed by atoms with Crippen LogP contribution in [0.2, 0.25) is 0 Å². The molecule has 1 saturated carbocycles. The van der Waals surface area contributed by atoms with Crippen molar-refractivity contribution in [2.45, 2.75) is 57.2 Å². The van der Waals surface area contributed by atoms with Crippen molar-refractivity contribution in [3.05, 3.63) is 11.4 Å². The highest BCUT2D eigenvalue weighted by Crippen LogP contribution is 2.39. The lowest BCUT2D eigenvalue weighted by Crippen LogP contribution is -2.27. The Hall–Kier alpha value is -1.11. The van der Waals surface area contributed by atoms with Crippen molar-refractivity contribution in [3.8, 4) is 0 Å². The molecule has 0 radical (unpaired) electrons. The molecule has 19 heavy (non-hydrogen) atoms. The van der Waals surface area contributed by atoms with Gasteiger partial charge in [-0.15, -0.1) is 5.10 Å². The molecule has 0 spiro atoms. The van der Waals surface area contributed by atoms with Crippen molar-refractivity contribution in [1.29, 1.82) is 0 Å². The van der Waals surface area contributed by atoms with Gasteiger partial charge >= 0.3 is 6.18 Å². The van der Waals surface area contributed by atoms with Crippen LogP contribution in [0.15, 0.2) is 0 Å². The van der Waals surface area contributed by atoms with Gasteiger partial charge in [0.25, 0.3) is 0 Å². The number of aromatic nitrogens is 3. The molecule has 4 nitrogen and oxygen atoms in total. The monoisotopic (exact) mass is 276 g/mol. The van der Waals surface area contributed by atoms with E-state index in [1.165, 1.54) is 0 Å². The van der Waals surface area contributed by atoms with Crippen molar-refractivity contribution in [3.63, 3.8) is 0 Å². The van der Waals surface area contributed by atoms with Crippen LogP contribution in [0.3, 0.4) is 0 Å². The van der Waals surface area contributed by atoms with Crippen LogP contribution in [0.5, 0.6) is 0 Å². The summed E-state index contributed by atoms with van der Waals surface area (Å²) in [5.41, 5.74) is 6.78. The fourth-order valence-corrected chi connectivity index (χ4v) is 2.70. The zero-order valence-electron chi connectivity index (χ0n) is 11.0. The lowest BCUT2D eigenvalue weighted by molar-refractivity contribution is -0.166. The maximum atomic E-state index is 12.9. The number of halogens is 3. The maximum Gasteiger partial charge on any atom is 0.410 e. The van der Waals surface area contributed by atoms with Crippen molar-refractivity contribution in [2.24, 2.45) is 5.73 Å². The molecule has 1 heterocycles. The van der Waals surface area contributed by atoms with Gasteiger partial charge in [0.15, 0.2) is 0 Å². The molecule has 1 fully saturated rings. The topological polar surface area (TPSA) is 56.7 Å². The van der Waals surface area contributed by atoms with E-state index in [9.17, 15) is 13.2 Å². The van der Waals surface area contributed by atoms with E-state index in [0.29, 0.717) is 24.4 Å². The van der Waals surface area contributed by atoms with Crippen molar-refractivity contribution < 1.29 is 13.2 Å². The average Bonchev–Trinajstić information content (AvgIpc) is 2.95. The van der Waals surface area contributed by atoms with Gasteiger partial charge in [0.2, 0.25) is 0 Å². The predicted molar refractivity (Wildman–Crippen MR) is 64.8 cm³/mol. The second kappa shape index (κ2) is 5.48. The summed E-state index contributed by atoms with van der Waals surface area (Å²) >= 11 is 0. The minimum atomic E-state index is -4.30. The first-order valence-electron chi connectivity index (χ1n) is 6.66. The molecule has 1 unspecified atom stereocenters. The molecule has 0 saturated heterocycles. The second-order valence-electron chi connectivity index (χ2n) is 5.10. The molecule has 0 amide bonds. The summed E-state index contributed by atoms with van der Waals surface area (Å²) in [4.78, 5) is 0. The molecule has 2 N–H and O–H groups in total. The van der Waals surface area contributed by atoms with Crippen LogP contribution in [0, 0.1) is 0 Å². The summed E-state index contributed by atoms with van der Waals surface area (Å²) in [6.07, 6.45) is 0.110. The van der Waals surface area contributed by atoms with E-state index in [4.69, 9.17) is 5.73 Å². The Kier molecular flexibility index (Phi) is 4.13. The molecule has 2 rings (SSSR count). The van der Waals surface area contributed by atoms with Crippen LogP contribution in [-0.4, -0.2) is 27.7 Å². The molecule has 0 aromatic carbocycles. The van der Waals surface area contributed by atoms with Gasteiger partial charge in [0.1, 0.15) is 6.04 Å². The Morgan fingerprint density at radius 3 is 2.53 bits per heavy atom. The molecule has 1 aliphatic rings. The van der Waals surface area contributed by atoms with Gasteiger partial charge in [0.05, 0.1) is 11.4 Å². The molecule has 1 aliphatic carbocycles. The van der Waals surface area contributed by atoms with Crippen LogP contribution in [0.25, 0.3) is 0 Å². The highest BCUT2D eigenvalue weighted by Gasteiger charge is 2.41. The van der Waals surface area contributed by atoms with E-state index in [1.54, 1.807) is 0 Å². The molecule has 0 bridgehead atoms. The fraction of sp³-hybridized carbons (Fsp3) is 0.833. The third-order valence-corrected chi connectivity index (χ3v) is 3.77. The Morgan fingerprint density at radius 2 is 2.00 bits per heavy atom. The Balaban J connectivity index is 2.37. The average molecular weight is 276 g/mol. The van der Waals surface area contributed by atoms with Gasteiger partial charge < -0.3 is 5.73 Å². The summed E-state index contributed by atoms with van der Waals surface area (Å²) in [6, 6.07) is -1.64. The van der Waals surface area contributed by atoms with E-state index in [-0.39, 0.29) is 5.92 Å². The van der Waals surface area contributed by atoms with Gasteiger partial charge in [-0.05, 0) is 26.3 Å². The molecule has 1 aromatic rings. The van der Waals surface area contributed by atoms with Gasteiger partial charge in [-0.2, -0.15) is 13.2 Å². The standard InChI is InChI=1S/C12H19F3N4/c1-8(12(13,14)15)19-11(9-4-2-3-5-9)10(6-7-16)17-18-19/h8-9H,2-7,16H2,1H3. The first-order valence-corrected chi connectivity index (χ1v) is 6.66. The van der Waals surface area contributed by atoms with Crippen LogP contribution in [0.4, 0.5) is 13.2 Å². The molecule has 108 valence electrons. The second-order valence-corrected chi connectivity index (χ2v) is 5.10. The number of alkyl halides is 3. The van der Waals surface area contributed by atoms with Gasteiger partial charge in [-0.25, -0.2) is 4.68 Å². The lowest BCUT2D eigenvalue weighted by atomic mass is 10.00. The summed E-state index contributed by atoms with van der Waals surface area (Å²) in [5, 5.41) is 7.65. The Labute approximate surface area is 110 Å². The zero-order valence-corrected chi connectivity index (χ0v) is 11.0. The number of nitrogens with two attached hydrogens (primary N) is 1. The Bertz CT molecular complexity index is 421. The van der Waals surface area contributed by atoms with Crippen LogP contribution in [-0.2, 0) is 6.42 Å². The van der Waals surface area contributed by atoms with E-state index >= 15 is 0 Å². The normalized spacial score (nSPS) is 19.0. The SMILES string of the molecule is CC(n1nnc(CCN)c1C1CCCC1)C(F)(F)F. The third-order valence-electron chi connectivity index (χ3n) is 3.77. The lowest BCUT2D eigenvalue weighted by Gasteiger charge is -2.21. The van der Waals surface area contributed by atoms with Crippen LogP contribution >= 0.6 is 0 Å². The van der Waals surface area contributed by atoms with Crippen molar-refractivity contribution >= 4 is 0 Å². The van der Waals surface area contributed by atoms with Gasteiger partial charge in [-0.1, -0.05) is 18.1 Å². The van der Waals surface area contributed by atoms with Gasteiger partial charge in [0, 0.05) is 12.3 Å². The van der Waals surface area contributed by atoms with Crippen molar-refractivity contribution in [2.75, 3.05) is 6.54 Å². The summed E-state index contributed by atoms with van der Waals surface area (Å²) in [5.74, 6) is 0.140. The Morgan fingerprint density at radius 1 is 1.37 bits per heavy atom. The number of nitrogens with zero attached hydrogens (tertiary/aromatic N) is 3. The highest BCUT2D eigenvalue weighted by atomic mass is 19.4. The first-order chi connectivity index (χ1) is 8.95. The first kappa shape index (κ1) is 14.3. The van der Waals surface area contributed by atoms with E-state index < -0.39 is 12.2 Å². The number of hydrogen-bond acceptors (Lipinski definition) is 3. The summed E-state index contributed by atoms with van der Waals surface area (Å²) < 4.78 is 39.7.